The Labute approximate surface area is 96.1 Å². The molecule has 0 bridgehead atoms. The van der Waals surface area contributed by atoms with Crippen LogP contribution < -0.4 is 4.74 Å². The molecule has 1 aromatic heterocycles. The molecule has 2 aromatic rings. The number of benzene rings is 1. The summed E-state index contributed by atoms with van der Waals surface area (Å²) in [6.45, 7) is 0. The van der Waals surface area contributed by atoms with Gasteiger partial charge in [0.25, 0.3) is 5.19 Å². The van der Waals surface area contributed by atoms with Crippen molar-refractivity contribution in [2.75, 3.05) is 0 Å². The summed E-state index contributed by atoms with van der Waals surface area (Å²) in [6.07, 6.45) is 0.566. The molecule has 4 nitrogen and oxygen atoms in total. The number of carboxylic acid groups (broad SMARTS) is 1. The quantitative estimate of drug-likeness (QED) is 0.883. The SMILES string of the molecule is O=C(O)C(Oc1nccs1)c1ccccc1. The van der Waals surface area contributed by atoms with E-state index in [2.05, 4.69) is 4.98 Å². The molecule has 0 spiro atoms. The van der Waals surface area contributed by atoms with Crippen molar-refractivity contribution in [1.82, 2.24) is 4.98 Å². The van der Waals surface area contributed by atoms with Crippen LogP contribution in [0.25, 0.3) is 0 Å². The Kier molecular flexibility index (Phi) is 3.16. The Morgan fingerprint density at radius 3 is 2.69 bits per heavy atom. The molecule has 1 unspecified atom stereocenters. The van der Waals surface area contributed by atoms with Crippen LogP contribution in [0.15, 0.2) is 41.9 Å². The van der Waals surface area contributed by atoms with E-state index in [0.29, 0.717) is 10.8 Å². The fraction of sp³-hybridized carbons (Fsp3) is 0.0909. The lowest BCUT2D eigenvalue weighted by atomic mass is 10.1. The first kappa shape index (κ1) is 10.6. The molecule has 0 aliphatic heterocycles. The van der Waals surface area contributed by atoms with Crippen molar-refractivity contribution >= 4 is 17.3 Å². The van der Waals surface area contributed by atoms with Crippen molar-refractivity contribution in [3.8, 4) is 5.19 Å². The molecule has 1 aromatic carbocycles. The molecule has 0 amide bonds. The Balaban J connectivity index is 2.22. The van der Waals surface area contributed by atoms with Gasteiger partial charge < -0.3 is 9.84 Å². The minimum Gasteiger partial charge on any atom is -0.478 e. The second kappa shape index (κ2) is 4.76. The van der Waals surface area contributed by atoms with Crippen LogP contribution in [0.2, 0.25) is 0 Å². The predicted molar refractivity (Wildman–Crippen MR) is 59.6 cm³/mol. The van der Waals surface area contributed by atoms with Crippen LogP contribution in [0.4, 0.5) is 0 Å². The number of carbonyl (C=O) groups is 1. The number of carboxylic acids is 1. The van der Waals surface area contributed by atoms with E-state index in [9.17, 15) is 4.79 Å². The molecule has 0 aliphatic carbocycles. The van der Waals surface area contributed by atoms with Gasteiger partial charge in [-0.2, -0.15) is 0 Å². The number of nitrogens with zero attached hydrogens (tertiary/aromatic N) is 1. The molecule has 5 heteroatoms. The van der Waals surface area contributed by atoms with Crippen molar-refractivity contribution in [1.29, 1.82) is 0 Å². The van der Waals surface area contributed by atoms with Crippen LogP contribution in [-0.4, -0.2) is 16.1 Å². The second-order valence-electron chi connectivity index (χ2n) is 3.04. The van der Waals surface area contributed by atoms with Gasteiger partial charge in [-0.3, -0.25) is 0 Å². The normalized spacial score (nSPS) is 12.0. The van der Waals surface area contributed by atoms with E-state index in [4.69, 9.17) is 9.84 Å². The van der Waals surface area contributed by atoms with Gasteiger partial charge in [0.2, 0.25) is 6.10 Å². The maximum absolute atomic E-state index is 11.1. The highest BCUT2D eigenvalue weighted by Crippen LogP contribution is 2.23. The van der Waals surface area contributed by atoms with Gasteiger partial charge in [-0.25, -0.2) is 9.78 Å². The van der Waals surface area contributed by atoms with Crippen LogP contribution >= 0.6 is 11.3 Å². The van der Waals surface area contributed by atoms with E-state index in [1.807, 2.05) is 6.07 Å². The van der Waals surface area contributed by atoms with Crippen LogP contribution in [0.3, 0.4) is 0 Å². The number of thiazole rings is 1. The van der Waals surface area contributed by atoms with Gasteiger partial charge in [0.15, 0.2) is 0 Å². The first-order valence-electron chi connectivity index (χ1n) is 4.61. The number of ether oxygens (including phenoxy) is 1. The van der Waals surface area contributed by atoms with Crippen LogP contribution in [0.5, 0.6) is 5.19 Å². The molecule has 2 rings (SSSR count). The van der Waals surface area contributed by atoms with Gasteiger partial charge in [-0.1, -0.05) is 41.7 Å². The highest BCUT2D eigenvalue weighted by Gasteiger charge is 2.22. The predicted octanol–water partition coefficient (Wildman–Crippen LogP) is 2.35. The summed E-state index contributed by atoms with van der Waals surface area (Å²) in [6, 6.07) is 8.80. The molecule has 0 fully saturated rings. The largest absolute Gasteiger partial charge is 0.478 e. The number of hydrogen-bond acceptors (Lipinski definition) is 4. The Morgan fingerprint density at radius 2 is 2.12 bits per heavy atom. The van der Waals surface area contributed by atoms with Gasteiger partial charge >= 0.3 is 5.97 Å². The second-order valence-corrected chi connectivity index (χ2v) is 3.90. The minimum atomic E-state index is -1.03. The molecule has 0 aliphatic rings. The summed E-state index contributed by atoms with van der Waals surface area (Å²) >= 11 is 1.27. The Morgan fingerprint density at radius 1 is 1.38 bits per heavy atom. The highest BCUT2D eigenvalue weighted by atomic mass is 32.1. The van der Waals surface area contributed by atoms with Crippen LogP contribution in [-0.2, 0) is 4.79 Å². The van der Waals surface area contributed by atoms with Gasteiger partial charge in [0.1, 0.15) is 0 Å². The topological polar surface area (TPSA) is 59.4 Å². The molecule has 16 heavy (non-hydrogen) atoms. The third-order valence-electron chi connectivity index (χ3n) is 1.95. The standard InChI is InChI=1S/C11H9NO3S/c13-10(14)9(8-4-2-1-3-5-8)15-11-12-6-7-16-11/h1-7,9H,(H,13,14). The molecule has 0 radical (unpaired) electrons. The molecule has 1 N–H and O–H groups in total. The summed E-state index contributed by atoms with van der Waals surface area (Å²) in [5.41, 5.74) is 0.602. The summed E-state index contributed by atoms with van der Waals surface area (Å²) in [4.78, 5) is 15.0. The Bertz CT molecular complexity index is 455. The third-order valence-corrected chi connectivity index (χ3v) is 2.62. The van der Waals surface area contributed by atoms with Gasteiger partial charge in [0, 0.05) is 17.1 Å². The molecule has 82 valence electrons. The molecular weight excluding hydrogens is 226 g/mol. The van der Waals surface area contributed by atoms with Crippen molar-refractivity contribution in [3.05, 3.63) is 47.5 Å². The maximum Gasteiger partial charge on any atom is 0.349 e. The van der Waals surface area contributed by atoms with Crippen LogP contribution in [0, 0.1) is 0 Å². The molecule has 0 saturated heterocycles. The van der Waals surface area contributed by atoms with Crippen LogP contribution in [0.1, 0.15) is 11.7 Å². The lowest BCUT2D eigenvalue weighted by Gasteiger charge is -2.12. The van der Waals surface area contributed by atoms with E-state index in [0.717, 1.165) is 0 Å². The number of hydrogen-bond donors (Lipinski definition) is 1. The lowest BCUT2D eigenvalue weighted by Crippen LogP contribution is -2.17. The van der Waals surface area contributed by atoms with E-state index in [-0.39, 0.29) is 0 Å². The van der Waals surface area contributed by atoms with Crippen molar-refractivity contribution in [2.45, 2.75) is 6.10 Å². The fourth-order valence-electron chi connectivity index (χ4n) is 1.26. The molecule has 1 atom stereocenters. The summed E-state index contributed by atoms with van der Waals surface area (Å²) < 4.78 is 5.31. The zero-order chi connectivity index (χ0) is 11.4. The van der Waals surface area contributed by atoms with Gasteiger partial charge in [-0.15, -0.1) is 0 Å². The zero-order valence-corrected chi connectivity index (χ0v) is 9.05. The first-order valence-corrected chi connectivity index (χ1v) is 5.49. The molecule has 1 heterocycles. The number of rotatable bonds is 4. The lowest BCUT2D eigenvalue weighted by molar-refractivity contribution is -0.145. The summed E-state index contributed by atoms with van der Waals surface area (Å²) in [5.74, 6) is -1.03. The monoisotopic (exact) mass is 235 g/mol. The van der Waals surface area contributed by atoms with Gasteiger partial charge in [-0.05, 0) is 0 Å². The fourth-order valence-corrected chi connectivity index (χ4v) is 1.77. The van der Waals surface area contributed by atoms with Crippen molar-refractivity contribution in [3.63, 3.8) is 0 Å². The average molecular weight is 235 g/mol. The first-order chi connectivity index (χ1) is 7.77. The molecule has 0 saturated carbocycles. The average Bonchev–Trinajstić information content (AvgIpc) is 2.79. The summed E-state index contributed by atoms with van der Waals surface area (Å²) in [7, 11) is 0. The molecular formula is C11H9NO3S. The number of aromatic nitrogens is 1. The zero-order valence-electron chi connectivity index (χ0n) is 8.24. The number of aliphatic carboxylic acids is 1. The summed E-state index contributed by atoms with van der Waals surface area (Å²) in [5, 5.41) is 11.2. The van der Waals surface area contributed by atoms with Gasteiger partial charge in [0.05, 0.1) is 0 Å². The smallest absolute Gasteiger partial charge is 0.349 e. The minimum absolute atomic E-state index is 0.358. The van der Waals surface area contributed by atoms with E-state index < -0.39 is 12.1 Å². The van der Waals surface area contributed by atoms with E-state index >= 15 is 0 Å². The van der Waals surface area contributed by atoms with Crippen molar-refractivity contribution in [2.24, 2.45) is 0 Å². The third kappa shape index (κ3) is 2.38. The van der Waals surface area contributed by atoms with E-state index in [1.54, 1.807) is 35.8 Å². The Hall–Kier alpha value is -1.88. The van der Waals surface area contributed by atoms with E-state index in [1.165, 1.54) is 11.3 Å². The highest BCUT2D eigenvalue weighted by molar-refractivity contribution is 7.11. The van der Waals surface area contributed by atoms with Crippen molar-refractivity contribution < 1.29 is 14.6 Å². The maximum atomic E-state index is 11.1.